The van der Waals surface area contributed by atoms with Crippen LogP contribution in [0.15, 0.2) is 24.3 Å². The topological polar surface area (TPSA) is 64.6 Å². The van der Waals surface area contributed by atoms with Crippen molar-refractivity contribution in [2.75, 3.05) is 6.61 Å². The maximum atomic E-state index is 11.8. The average molecular weight is 321 g/mol. The summed E-state index contributed by atoms with van der Waals surface area (Å²) < 4.78 is 10.4. The Morgan fingerprint density at radius 3 is 2.13 bits per heavy atom. The van der Waals surface area contributed by atoms with Crippen molar-refractivity contribution in [3.05, 3.63) is 29.8 Å². The standard InChI is InChI=1S/C18H27NO4/c1-12(2)14-7-9-15(10-8-14)22-11-16(20)23-13(3)17(21)19-18(4,5)6/h7-10,12-13H,11H2,1-6H3,(H,19,21)/t13-/m0/s1. The van der Waals surface area contributed by atoms with E-state index in [4.69, 9.17) is 9.47 Å². The molecule has 0 unspecified atom stereocenters. The lowest BCUT2D eigenvalue weighted by Gasteiger charge is -2.23. The smallest absolute Gasteiger partial charge is 0.344 e. The van der Waals surface area contributed by atoms with Crippen LogP contribution in [-0.4, -0.2) is 30.1 Å². The zero-order valence-corrected chi connectivity index (χ0v) is 14.8. The number of ether oxygens (including phenoxy) is 2. The second-order valence-electron chi connectivity index (χ2n) is 6.88. The molecule has 1 atom stereocenters. The minimum absolute atomic E-state index is 0.228. The minimum atomic E-state index is -0.853. The zero-order chi connectivity index (χ0) is 17.6. The third kappa shape index (κ3) is 7.17. The van der Waals surface area contributed by atoms with E-state index in [9.17, 15) is 9.59 Å². The van der Waals surface area contributed by atoms with Crippen LogP contribution in [0.2, 0.25) is 0 Å². The van der Waals surface area contributed by atoms with Crippen molar-refractivity contribution in [2.24, 2.45) is 0 Å². The first-order chi connectivity index (χ1) is 10.6. The normalized spacial score (nSPS) is 12.7. The summed E-state index contributed by atoms with van der Waals surface area (Å²) >= 11 is 0. The molecule has 1 amide bonds. The van der Waals surface area contributed by atoms with Crippen LogP contribution in [-0.2, 0) is 14.3 Å². The Hall–Kier alpha value is -2.04. The molecule has 1 aromatic rings. The molecule has 0 fully saturated rings. The van der Waals surface area contributed by atoms with Gasteiger partial charge in [0.05, 0.1) is 0 Å². The van der Waals surface area contributed by atoms with Crippen LogP contribution >= 0.6 is 0 Å². The first-order valence-corrected chi connectivity index (χ1v) is 7.83. The van der Waals surface area contributed by atoms with Gasteiger partial charge >= 0.3 is 5.97 Å². The zero-order valence-electron chi connectivity index (χ0n) is 14.8. The van der Waals surface area contributed by atoms with Gasteiger partial charge in [0, 0.05) is 5.54 Å². The number of carbonyl (C=O) groups is 2. The van der Waals surface area contributed by atoms with Gasteiger partial charge in [0.2, 0.25) is 0 Å². The van der Waals surface area contributed by atoms with Gasteiger partial charge in [0.1, 0.15) is 5.75 Å². The molecule has 5 heteroatoms. The lowest BCUT2D eigenvalue weighted by Crippen LogP contribution is -2.46. The Labute approximate surface area is 138 Å². The fourth-order valence-corrected chi connectivity index (χ4v) is 1.85. The molecular weight excluding hydrogens is 294 g/mol. The molecule has 5 nitrogen and oxygen atoms in total. The maximum absolute atomic E-state index is 11.8. The maximum Gasteiger partial charge on any atom is 0.344 e. The molecule has 0 saturated carbocycles. The average Bonchev–Trinajstić information content (AvgIpc) is 2.43. The molecule has 128 valence electrons. The highest BCUT2D eigenvalue weighted by atomic mass is 16.6. The third-order valence-electron chi connectivity index (χ3n) is 3.08. The molecule has 0 aromatic heterocycles. The lowest BCUT2D eigenvalue weighted by atomic mass is 10.0. The number of esters is 1. The van der Waals surface area contributed by atoms with E-state index in [2.05, 4.69) is 19.2 Å². The number of rotatable bonds is 6. The molecule has 0 bridgehead atoms. The van der Waals surface area contributed by atoms with Crippen LogP contribution in [0, 0.1) is 0 Å². The number of hydrogen-bond acceptors (Lipinski definition) is 4. The molecule has 0 heterocycles. The van der Waals surface area contributed by atoms with Crippen LogP contribution in [0.3, 0.4) is 0 Å². The summed E-state index contributed by atoms with van der Waals surface area (Å²) in [5.41, 5.74) is 0.833. The molecule has 23 heavy (non-hydrogen) atoms. The third-order valence-corrected chi connectivity index (χ3v) is 3.08. The lowest BCUT2D eigenvalue weighted by molar-refractivity contribution is -0.157. The number of amides is 1. The highest BCUT2D eigenvalue weighted by Gasteiger charge is 2.22. The summed E-state index contributed by atoms with van der Waals surface area (Å²) in [5.74, 6) is 0.135. The number of nitrogens with one attached hydrogen (secondary N) is 1. The van der Waals surface area contributed by atoms with Crippen molar-refractivity contribution < 1.29 is 19.1 Å². The summed E-state index contributed by atoms with van der Waals surface area (Å²) in [6.45, 7) is 11.1. The first kappa shape index (κ1) is 19.0. The predicted molar refractivity (Wildman–Crippen MR) is 89.5 cm³/mol. The number of hydrogen-bond donors (Lipinski definition) is 1. The molecule has 0 aliphatic heterocycles. The molecule has 1 rings (SSSR count). The van der Waals surface area contributed by atoms with Gasteiger partial charge in [-0.05, 0) is 51.3 Å². The van der Waals surface area contributed by atoms with Gasteiger partial charge in [0.15, 0.2) is 12.7 Å². The van der Waals surface area contributed by atoms with E-state index in [1.165, 1.54) is 12.5 Å². The van der Waals surface area contributed by atoms with E-state index in [-0.39, 0.29) is 18.1 Å². The first-order valence-electron chi connectivity index (χ1n) is 7.83. The van der Waals surface area contributed by atoms with Crippen molar-refractivity contribution in [1.82, 2.24) is 5.32 Å². The van der Waals surface area contributed by atoms with Crippen LogP contribution in [0.1, 0.15) is 53.0 Å². The van der Waals surface area contributed by atoms with Gasteiger partial charge < -0.3 is 14.8 Å². The molecule has 0 aliphatic rings. The molecule has 0 saturated heterocycles. The summed E-state index contributed by atoms with van der Waals surface area (Å²) in [5, 5.41) is 2.76. The van der Waals surface area contributed by atoms with Crippen molar-refractivity contribution in [2.45, 2.75) is 59.1 Å². The SMILES string of the molecule is CC(C)c1ccc(OCC(=O)O[C@@H](C)C(=O)NC(C)(C)C)cc1. The van der Waals surface area contributed by atoms with Gasteiger partial charge in [0.25, 0.3) is 5.91 Å². The van der Waals surface area contributed by atoms with Crippen molar-refractivity contribution in [3.8, 4) is 5.75 Å². The highest BCUT2D eigenvalue weighted by molar-refractivity contribution is 5.84. The van der Waals surface area contributed by atoms with Crippen LogP contribution in [0.5, 0.6) is 5.75 Å². The molecule has 0 aliphatic carbocycles. The van der Waals surface area contributed by atoms with Crippen molar-refractivity contribution in [1.29, 1.82) is 0 Å². The van der Waals surface area contributed by atoms with Crippen LogP contribution < -0.4 is 10.1 Å². The van der Waals surface area contributed by atoms with E-state index < -0.39 is 12.1 Å². The van der Waals surface area contributed by atoms with E-state index >= 15 is 0 Å². The number of benzene rings is 1. The van der Waals surface area contributed by atoms with Crippen molar-refractivity contribution >= 4 is 11.9 Å². The van der Waals surface area contributed by atoms with Gasteiger partial charge in [-0.15, -0.1) is 0 Å². The second kappa shape index (κ2) is 7.99. The second-order valence-corrected chi connectivity index (χ2v) is 6.88. The number of carbonyl (C=O) groups excluding carboxylic acids is 2. The van der Waals surface area contributed by atoms with Gasteiger partial charge in [-0.25, -0.2) is 4.79 Å². The fraction of sp³-hybridized carbons (Fsp3) is 0.556. The minimum Gasteiger partial charge on any atom is -0.482 e. The Kier molecular flexibility index (Phi) is 6.61. The van der Waals surface area contributed by atoms with Crippen LogP contribution in [0.4, 0.5) is 0 Å². The highest BCUT2D eigenvalue weighted by Crippen LogP contribution is 2.18. The Bertz CT molecular complexity index is 529. The van der Waals surface area contributed by atoms with E-state index in [0.29, 0.717) is 11.7 Å². The monoisotopic (exact) mass is 321 g/mol. The van der Waals surface area contributed by atoms with Gasteiger partial charge in [-0.1, -0.05) is 26.0 Å². The Morgan fingerprint density at radius 1 is 1.09 bits per heavy atom. The molecule has 0 spiro atoms. The van der Waals surface area contributed by atoms with E-state index in [1.54, 1.807) is 0 Å². The van der Waals surface area contributed by atoms with Crippen molar-refractivity contribution in [3.63, 3.8) is 0 Å². The predicted octanol–water partition coefficient (Wildman–Crippen LogP) is 3.04. The molecule has 1 N–H and O–H groups in total. The Balaban J connectivity index is 2.43. The van der Waals surface area contributed by atoms with Gasteiger partial charge in [-0.2, -0.15) is 0 Å². The summed E-state index contributed by atoms with van der Waals surface area (Å²) in [6.07, 6.45) is -0.853. The molecule has 1 aromatic carbocycles. The fourth-order valence-electron chi connectivity index (χ4n) is 1.85. The van der Waals surface area contributed by atoms with Gasteiger partial charge in [-0.3, -0.25) is 4.79 Å². The molecule has 0 radical (unpaired) electrons. The largest absolute Gasteiger partial charge is 0.482 e. The summed E-state index contributed by atoms with van der Waals surface area (Å²) in [7, 11) is 0. The Morgan fingerprint density at radius 2 is 1.65 bits per heavy atom. The molecular formula is C18H27NO4. The summed E-state index contributed by atoms with van der Waals surface area (Å²) in [4.78, 5) is 23.6. The summed E-state index contributed by atoms with van der Waals surface area (Å²) in [6, 6.07) is 7.56. The van der Waals surface area contributed by atoms with E-state index in [0.717, 1.165) is 0 Å². The van der Waals surface area contributed by atoms with Crippen LogP contribution in [0.25, 0.3) is 0 Å². The van der Waals surface area contributed by atoms with E-state index in [1.807, 2.05) is 45.0 Å². The quantitative estimate of drug-likeness (QED) is 0.818.